The summed E-state index contributed by atoms with van der Waals surface area (Å²) in [7, 11) is 1.00. The number of carbonyl (C=O) groups excluding carboxylic acids is 4. The number of likely N-dealkylation sites (tertiary alicyclic amines) is 1. The molecule has 2 unspecified atom stereocenters. The molecule has 14 heteroatoms. The Morgan fingerprint density at radius 3 is 2.55 bits per heavy atom. The van der Waals surface area contributed by atoms with Gasteiger partial charge in [0.1, 0.15) is 12.7 Å². The van der Waals surface area contributed by atoms with Crippen molar-refractivity contribution in [2.45, 2.75) is 38.4 Å². The maximum Gasteiger partial charge on any atom is 0.508 e. The number of nitrogens with zero attached hydrogens (tertiary/aromatic N) is 2. The van der Waals surface area contributed by atoms with Gasteiger partial charge in [-0.2, -0.15) is 0 Å². The Labute approximate surface area is 186 Å². The highest BCUT2D eigenvalue weighted by Gasteiger charge is 2.56. The number of methoxy groups -OCH3 is 1. The Balaban J connectivity index is 1.60. The van der Waals surface area contributed by atoms with Gasteiger partial charge in [0.05, 0.1) is 24.0 Å². The van der Waals surface area contributed by atoms with Crippen molar-refractivity contribution in [3.8, 4) is 0 Å². The summed E-state index contributed by atoms with van der Waals surface area (Å²) in [6.07, 6.45) is -3.07. The number of imide groups is 1. The molecule has 14 nitrogen and oxygen atoms in total. The fraction of sp³-hybridized carbons (Fsp3) is 0.474. The number of carbonyl (C=O) groups is 4. The monoisotopic (exact) mass is 468 g/mol. The van der Waals surface area contributed by atoms with Gasteiger partial charge in [0.2, 0.25) is 5.91 Å². The Bertz CT molecular complexity index is 927. The Morgan fingerprint density at radius 2 is 1.97 bits per heavy atom. The molecule has 0 bridgehead atoms. The topological polar surface area (TPSA) is 170 Å². The third kappa shape index (κ3) is 5.42. The number of β-lactam (4-membered cyclic amide) rings is 1. The number of hydrogen-bond donors (Lipinski definition) is 0. The Kier molecular flexibility index (Phi) is 7.52. The summed E-state index contributed by atoms with van der Waals surface area (Å²) in [4.78, 5) is 68.8. The molecule has 0 aromatic heterocycles. The van der Waals surface area contributed by atoms with Gasteiger partial charge in [0.25, 0.3) is 5.69 Å². The second-order valence-corrected chi connectivity index (χ2v) is 7.05. The predicted molar refractivity (Wildman–Crippen MR) is 102 cm³/mol. The summed E-state index contributed by atoms with van der Waals surface area (Å²) in [6, 6.07) is 4.45. The largest absolute Gasteiger partial charge is 0.508 e. The third-order valence-corrected chi connectivity index (χ3v) is 5.05. The van der Waals surface area contributed by atoms with Gasteiger partial charge in [0.15, 0.2) is 13.1 Å². The van der Waals surface area contributed by atoms with Crippen LogP contribution < -0.4 is 0 Å². The van der Waals surface area contributed by atoms with E-state index in [4.69, 9.17) is 19.1 Å². The van der Waals surface area contributed by atoms with Crippen LogP contribution in [-0.2, 0) is 49.7 Å². The van der Waals surface area contributed by atoms with Crippen molar-refractivity contribution in [2.24, 2.45) is 5.92 Å². The van der Waals surface area contributed by atoms with E-state index in [0.29, 0.717) is 10.5 Å². The van der Waals surface area contributed by atoms with Crippen molar-refractivity contribution in [3.63, 3.8) is 0 Å². The zero-order valence-corrected chi connectivity index (χ0v) is 17.5. The van der Waals surface area contributed by atoms with Crippen LogP contribution in [0.1, 0.15) is 18.9 Å². The van der Waals surface area contributed by atoms with E-state index in [1.165, 1.54) is 31.2 Å². The molecule has 0 aliphatic carbocycles. The fourth-order valence-electron chi connectivity index (χ4n) is 3.42. The minimum Gasteiger partial charge on any atom is -0.462 e. The molecular formula is C19H20N2O12. The number of amides is 2. The number of nitro groups is 1. The number of hydrogen-bond acceptors (Lipinski definition) is 12. The van der Waals surface area contributed by atoms with Crippen LogP contribution in [0.15, 0.2) is 24.3 Å². The van der Waals surface area contributed by atoms with E-state index in [2.05, 4.69) is 9.62 Å². The molecule has 0 saturated carbocycles. The molecule has 178 valence electrons. The van der Waals surface area contributed by atoms with Gasteiger partial charge in [-0.05, 0) is 24.6 Å². The molecule has 3 rings (SSSR count). The highest BCUT2D eigenvalue weighted by atomic mass is 17.3. The first-order valence-electron chi connectivity index (χ1n) is 9.65. The summed E-state index contributed by atoms with van der Waals surface area (Å²) in [6.45, 7) is 1.05. The first-order chi connectivity index (χ1) is 15.7. The summed E-state index contributed by atoms with van der Waals surface area (Å²) < 4.78 is 19.7. The van der Waals surface area contributed by atoms with E-state index < -0.39 is 53.2 Å². The van der Waals surface area contributed by atoms with Crippen molar-refractivity contribution in [1.82, 2.24) is 4.90 Å². The predicted octanol–water partition coefficient (Wildman–Crippen LogP) is 0.815. The minimum atomic E-state index is -1.23. The van der Waals surface area contributed by atoms with E-state index in [1.807, 2.05) is 0 Å². The number of rotatable bonds is 7. The molecule has 1 aromatic rings. The molecule has 2 heterocycles. The number of esters is 1. The van der Waals surface area contributed by atoms with E-state index >= 15 is 0 Å². The summed E-state index contributed by atoms with van der Waals surface area (Å²) in [5.74, 6) is -4.13. The van der Waals surface area contributed by atoms with Crippen LogP contribution in [0.3, 0.4) is 0 Å². The number of benzene rings is 1. The van der Waals surface area contributed by atoms with Crippen molar-refractivity contribution in [2.75, 3.05) is 13.9 Å². The van der Waals surface area contributed by atoms with Crippen LogP contribution in [0.5, 0.6) is 0 Å². The van der Waals surface area contributed by atoms with Gasteiger partial charge in [-0.15, -0.1) is 0 Å². The Hall–Kier alpha value is -3.62. The lowest BCUT2D eigenvalue weighted by atomic mass is 9.81. The third-order valence-electron chi connectivity index (χ3n) is 5.05. The second-order valence-electron chi connectivity index (χ2n) is 7.05. The standard InChI is InChI=1S/C19H20N2O12/c1-10(32-19(25)29-8-11-3-5-12(6-4-11)21(26)27)15-13(7-14-30-9-31-33-14)20(16(15)22)17(23)18(24)28-2/h3-6,10,13-15H,7-9H2,1-2H3/t10?,13-,14?,15-/m1/s1. The van der Waals surface area contributed by atoms with E-state index in [0.717, 1.165) is 7.11 Å². The molecular weight excluding hydrogens is 448 g/mol. The highest BCUT2D eigenvalue weighted by Crippen LogP contribution is 2.36. The van der Waals surface area contributed by atoms with Crippen molar-refractivity contribution in [1.29, 1.82) is 0 Å². The lowest BCUT2D eigenvalue weighted by Crippen LogP contribution is -2.68. The number of non-ortho nitro benzene ring substituents is 1. The zero-order chi connectivity index (χ0) is 24.1. The summed E-state index contributed by atoms with van der Waals surface area (Å²) in [5, 5.41) is 10.7. The normalized spacial score (nSPS) is 22.8. The average molecular weight is 468 g/mol. The van der Waals surface area contributed by atoms with Crippen LogP contribution in [-0.4, -0.2) is 66.1 Å². The first kappa shape index (κ1) is 24.0. The average Bonchev–Trinajstić information content (AvgIpc) is 3.30. The van der Waals surface area contributed by atoms with Crippen molar-refractivity contribution < 1.29 is 52.8 Å². The van der Waals surface area contributed by atoms with Crippen LogP contribution in [0, 0.1) is 16.0 Å². The molecule has 2 fully saturated rings. The lowest BCUT2D eigenvalue weighted by molar-refractivity contribution is -0.384. The maximum absolute atomic E-state index is 12.6. The van der Waals surface area contributed by atoms with Gasteiger partial charge >= 0.3 is 18.0 Å². The van der Waals surface area contributed by atoms with E-state index in [9.17, 15) is 29.3 Å². The molecule has 2 aliphatic rings. The van der Waals surface area contributed by atoms with Gasteiger partial charge in [-0.3, -0.25) is 24.6 Å². The maximum atomic E-state index is 12.6. The molecule has 1 aromatic carbocycles. The molecule has 0 spiro atoms. The molecule has 4 atom stereocenters. The zero-order valence-electron chi connectivity index (χ0n) is 17.5. The van der Waals surface area contributed by atoms with Crippen molar-refractivity contribution >= 4 is 29.6 Å². The number of ether oxygens (including phenoxy) is 4. The highest BCUT2D eigenvalue weighted by molar-refractivity contribution is 6.36. The van der Waals surface area contributed by atoms with E-state index in [1.54, 1.807) is 0 Å². The molecule has 2 saturated heterocycles. The van der Waals surface area contributed by atoms with Gasteiger partial charge in [-0.1, -0.05) is 0 Å². The summed E-state index contributed by atoms with van der Waals surface area (Å²) in [5.41, 5.74) is 0.365. The van der Waals surface area contributed by atoms with Crippen molar-refractivity contribution in [3.05, 3.63) is 39.9 Å². The van der Waals surface area contributed by atoms with Crippen LogP contribution in [0.2, 0.25) is 0 Å². The molecule has 33 heavy (non-hydrogen) atoms. The Morgan fingerprint density at radius 1 is 1.27 bits per heavy atom. The van der Waals surface area contributed by atoms with Crippen LogP contribution >= 0.6 is 0 Å². The van der Waals surface area contributed by atoms with Crippen LogP contribution in [0.4, 0.5) is 10.5 Å². The minimum absolute atomic E-state index is 0.0370. The van der Waals surface area contributed by atoms with Gasteiger partial charge < -0.3 is 18.9 Å². The van der Waals surface area contributed by atoms with Crippen LogP contribution in [0.25, 0.3) is 0 Å². The summed E-state index contributed by atoms with van der Waals surface area (Å²) >= 11 is 0. The quantitative estimate of drug-likeness (QED) is 0.138. The lowest BCUT2D eigenvalue weighted by Gasteiger charge is -2.47. The smallest absolute Gasteiger partial charge is 0.462 e. The fourth-order valence-corrected chi connectivity index (χ4v) is 3.42. The number of nitro benzene ring substituents is 1. The van der Waals surface area contributed by atoms with Gasteiger partial charge in [0, 0.05) is 18.6 Å². The molecule has 0 radical (unpaired) electrons. The second kappa shape index (κ2) is 10.3. The van der Waals surface area contributed by atoms with E-state index in [-0.39, 0.29) is 25.5 Å². The van der Waals surface area contributed by atoms with Gasteiger partial charge in [-0.25, -0.2) is 19.4 Å². The molecule has 2 amide bonds. The SMILES string of the molecule is COC(=O)C(=O)N1C(=O)[C@H](C(C)OC(=O)OCc2ccc([N+](=O)[O-])cc2)[C@H]1CC1OCOO1. The first-order valence-corrected chi connectivity index (χ1v) is 9.65. The molecule has 0 N–H and O–H groups in total. The molecule has 2 aliphatic heterocycles.